The monoisotopic (exact) mass is 246 g/mol. The van der Waals surface area contributed by atoms with Crippen molar-refractivity contribution < 1.29 is 9.84 Å². The Morgan fingerprint density at radius 3 is 2.53 bits per heavy atom. The predicted molar refractivity (Wildman–Crippen MR) is 72.4 cm³/mol. The number of nitrogens with one attached hydrogen (secondary N) is 1. The van der Waals surface area contributed by atoms with Crippen LogP contribution in [0.2, 0.25) is 0 Å². The van der Waals surface area contributed by atoms with Gasteiger partial charge in [-0.15, -0.1) is 0 Å². The summed E-state index contributed by atoms with van der Waals surface area (Å²) in [6.07, 6.45) is 2.11. The Morgan fingerprint density at radius 2 is 2.00 bits per heavy atom. The summed E-state index contributed by atoms with van der Waals surface area (Å²) in [7, 11) is 0. The summed E-state index contributed by atoms with van der Waals surface area (Å²) in [5, 5.41) is 12.6. The Labute approximate surface area is 106 Å². The summed E-state index contributed by atoms with van der Waals surface area (Å²) >= 11 is 0. The van der Waals surface area contributed by atoms with Crippen molar-refractivity contribution in [3.8, 4) is 0 Å². The molecular formula is C13H30N2O2. The molecule has 0 saturated carbocycles. The Bertz CT molecular complexity index is 156. The summed E-state index contributed by atoms with van der Waals surface area (Å²) in [6, 6.07) is 0.232. The van der Waals surface area contributed by atoms with E-state index in [-0.39, 0.29) is 12.6 Å². The molecule has 4 nitrogen and oxygen atoms in total. The van der Waals surface area contributed by atoms with E-state index in [9.17, 15) is 5.11 Å². The highest BCUT2D eigenvalue weighted by Gasteiger charge is 2.09. The minimum atomic E-state index is 0.225. The quantitative estimate of drug-likeness (QED) is 0.506. The molecule has 1 unspecified atom stereocenters. The molecule has 2 N–H and O–H groups in total. The Kier molecular flexibility index (Phi) is 12.2. The van der Waals surface area contributed by atoms with E-state index in [2.05, 4.69) is 24.1 Å². The average molecular weight is 246 g/mol. The molecule has 104 valence electrons. The molecule has 0 aromatic rings. The van der Waals surface area contributed by atoms with Gasteiger partial charge in [0.2, 0.25) is 0 Å². The van der Waals surface area contributed by atoms with Gasteiger partial charge >= 0.3 is 0 Å². The van der Waals surface area contributed by atoms with Crippen molar-refractivity contribution in [3.63, 3.8) is 0 Å². The van der Waals surface area contributed by atoms with Gasteiger partial charge in [-0.25, -0.2) is 0 Å². The van der Waals surface area contributed by atoms with E-state index in [1.165, 1.54) is 0 Å². The van der Waals surface area contributed by atoms with Crippen LogP contribution in [0.3, 0.4) is 0 Å². The van der Waals surface area contributed by atoms with Gasteiger partial charge in [0.25, 0.3) is 0 Å². The molecule has 0 saturated heterocycles. The van der Waals surface area contributed by atoms with Crippen LogP contribution in [0.1, 0.15) is 33.6 Å². The van der Waals surface area contributed by atoms with Crippen molar-refractivity contribution in [3.05, 3.63) is 0 Å². The van der Waals surface area contributed by atoms with Gasteiger partial charge in [0.05, 0.1) is 13.2 Å². The average Bonchev–Trinajstić information content (AvgIpc) is 2.36. The van der Waals surface area contributed by atoms with Crippen LogP contribution in [-0.2, 0) is 4.74 Å². The summed E-state index contributed by atoms with van der Waals surface area (Å²) in [4.78, 5) is 2.37. The summed E-state index contributed by atoms with van der Waals surface area (Å²) in [5.41, 5.74) is 0. The predicted octanol–water partition coefficient (Wildman–Crippen LogP) is 1.10. The first-order valence-electron chi connectivity index (χ1n) is 6.92. The highest BCUT2D eigenvalue weighted by molar-refractivity contribution is 4.68. The lowest BCUT2D eigenvalue weighted by atomic mass is 10.2. The van der Waals surface area contributed by atoms with Crippen LogP contribution in [0, 0.1) is 0 Å². The van der Waals surface area contributed by atoms with Gasteiger partial charge in [0.15, 0.2) is 0 Å². The van der Waals surface area contributed by atoms with Gasteiger partial charge < -0.3 is 20.1 Å². The molecule has 0 aromatic heterocycles. The highest BCUT2D eigenvalue weighted by atomic mass is 16.5. The normalized spacial score (nSPS) is 13.2. The van der Waals surface area contributed by atoms with Gasteiger partial charge in [0.1, 0.15) is 0 Å². The van der Waals surface area contributed by atoms with Gasteiger partial charge in [-0.3, -0.25) is 0 Å². The van der Waals surface area contributed by atoms with Crippen LogP contribution in [-0.4, -0.2) is 62.0 Å². The zero-order valence-electron chi connectivity index (χ0n) is 11.7. The first-order chi connectivity index (χ1) is 8.28. The number of aliphatic hydroxyl groups is 1. The van der Waals surface area contributed by atoms with Crippen LogP contribution >= 0.6 is 0 Å². The van der Waals surface area contributed by atoms with E-state index >= 15 is 0 Å². The van der Waals surface area contributed by atoms with Gasteiger partial charge in [-0.05, 0) is 39.4 Å². The van der Waals surface area contributed by atoms with E-state index in [1.54, 1.807) is 0 Å². The molecule has 0 radical (unpaired) electrons. The molecule has 0 spiro atoms. The van der Waals surface area contributed by atoms with Crippen LogP contribution in [0.15, 0.2) is 0 Å². The number of ether oxygens (including phenoxy) is 1. The van der Waals surface area contributed by atoms with E-state index in [0.717, 1.165) is 52.2 Å². The summed E-state index contributed by atoms with van der Waals surface area (Å²) in [6.45, 7) is 12.2. The molecule has 0 bridgehead atoms. The number of nitrogens with zero attached hydrogens (tertiary/aromatic N) is 1. The lowest BCUT2D eigenvalue weighted by molar-refractivity contribution is 0.111. The third-order valence-electron chi connectivity index (χ3n) is 2.90. The lowest BCUT2D eigenvalue weighted by Crippen LogP contribution is -2.38. The Hall–Kier alpha value is -0.160. The molecule has 0 aliphatic rings. The fourth-order valence-electron chi connectivity index (χ4n) is 1.71. The fourth-order valence-corrected chi connectivity index (χ4v) is 1.71. The third kappa shape index (κ3) is 9.53. The zero-order valence-corrected chi connectivity index (χ0v) is 11.7. The van der Waals surface area contributed by atoms with E-state index in [4.69, 9.17) is 4.74 Å². The minimum Gasteiger partial charge on any atom is -0.395 e. The summed E-state index contributed by atoms with van der Waals surface area (Å²) < 4.78 is 5.36. The molecule has 0 amide bonds. The van der Waals surface area contributed by atoms with E-state index in [1.807, 2.05) is 6.92 Å². The molecular weight excluding hydrogens is 216 g/mol. The van der Waals surface area contributed by atoms with E-state index in [0.29, 0.717) is 0 Å². The maximum atomic E-state index is 9.25. The minimum absolute atomic E-state index is 0.225. The molecule has 0 aliphatic carbocycles. The van der Waals surface area contributed by atoms with Gasteiger partial charge in [-0.1, -0.05) is 13.8 Å². The van der Waals surface area contributed by atoms with Crippen molar-refractivity contribution >= 4 is 0 Å². The van der Waals surface area contributed by atoms with Crippen molar-refractivity contribution in [2.24, 2.45) is 0 Å². The highest BCUT2D eigenvalue weighted by Crippen LogP contribution is 1.97. The zero-order chi connectivity index (χ0) is 12.9. The first kappa shape index (κ1) is 16.8. The van der Waals surface area contributed by atoms with Crippen molar-refractivity contribution in [2.45, 2.75) is 39.7 Å². The fraction of sp³-hybridized carbons (Fsp3) is 1.00. The molecule has 0 heterocycles. The maximum absolute atomic E-state index is 9.25. The standard InChI is InChI=1S/C13H30N2O2/c1-4-8-14-13(12-16)7-9-15(5-2)10-11-17-6-3/h13-14,16H,4-12H2,1-3H3. The molecule has 17 heavy (non-hydrogen) atoms. The number of aliphatic hydroxyl groups excluding tert-OH is 1. The Balaban J connectivity index is 3.69. The molecule has 0 aliphatic heterocycles. The molecule has 1 atom stereocenters. The Morgan fingerprint density at radius 1 is 1.24 bits per heavy atom. The van der Waals surface area contributed by atoms with E-state index < -0.39 is 0 Å². The van der Waals surface area contributed by atoms with Crippen LogP contribution in [0.25, 0.3) is 0 Å². The summed E-state index contributed by atoms with van der Waals surface area (Å²) in [5.74, 6) is 0. The van der Waals surface area contributed by atoms with Crippen LogP contribution < -0.4 is 5.32 Å². The van der Waals surface area contributed by atoms with Crippen molar-refractivity contribution in [2.75, 3.05) is 46.0 Å². The molecule has 0 aromatic carbocycles. The second-order valence-electron chi connectivity index (χ2n) is 4.25. The second kappa shape index (κ2) is 12.3. The smallest absolute Gasteiger partial charge is 0.0593 e. The largest absolute Gasteiger partial charge is 0.395 e. The van der Waals surface area contributed by atoms with Crippen molar-refractivity contribution in [1.82, 2.24) is 10.2 Å². The molecule has 4 heteroatoms. The third-order valence-corrected chi connectivity index (χ3v) is 2.90. The SMILES string of the molecule is CCCNC(CO)CCN(CC)CCOCC. The number of hydrogen-bond donors (Lipinski definition) is 2. The van der Waals surface area contributed by atoms with Crippen LogP contribution in [0.4, 0.5) is 0 Å². The maximum Gasteiger partial charge on any atom is 0.0593 e. The molecule has 0 rings (SSSR count). The topological polar surface area (TPSA) is 44.7 Å². The number of likely N-dealkylation sites (N-methyl/N-ethyl adjacent to an activating group) is 1. The number of rotatable bonds is 12. The van der Waals surface area contributed by atoms with Crippen molar-refractivity contribution in [1.29, 1.82) is 0 Å². The lowest BCUT2D eigenvalue weighted by Gasteiger charge is -2.23. The first-order valence-corrected chi connectivity index (χ1v) is 6.92. The van der Waals surface area contributed by atoms with Gasteiger partial charge in [0, 0.05) is 19.2 Å². The van der Waals surface area contributed by atoms with Crippen LogP contribution in [0.5, 0.6) is 0 Å². The van der Waals surface area contributed by atoms with Gasteiger partial charge in [-0.2, -0.15) is 0 Å². The number of hydrogen-bond acceptors (Lipinski definition) is 4. The molecule has 0 fully saturated rings. The second-order valence-corrected chi connectivity index (χ2v) is 4.25.